The normalized spacial score (nSPS) is 16.5. The van der Waals surface area contributed by atoms with Crippen LogP contribution >= 0.6 is 0 Å². The zero-order chi connectivity index (χ0) is 19.9. The Hall–Kier alpha value is -2.96. The van der Waals surface area contributed by atoms with Gasteiger partial charge in [-0.1, -0.05) is 19.1 Å². The van der Waals surface area contributed by atoms with E-state index >= 15 is 0 Å². The summed E-state index contributed by atoms with van der Waals surface area (Å²) in [4.78, 5) is 35.4. The molecule has 2 aromatic rings. The zero-order valence-electron chi connectivity index (χ0n) is 16.4. The molecule has 1 fully saturated rings. The standard InChI is InChI=1S/C21H26N4O3/c1-3-15-9-7-8-12-25(15)20(26)18-13-23-19(14-22-18)24-17-11-6-5-10-16(17)21(27)28-4-2/h5-6,10-11,13-15H,3-4,7-9,12H2,1-2H3,(H,23,24). The van der Waals surface area contributed by atoms with Crippen molar-refractivity contribution in [1.29, 1.82) is 0 Å². The number of piperidine rings is 1. The lowest BCUT2D eigenvalue weighted by Gasteiger charge is -2.34. The van der Waals surface area contributed by atoms with Gasteiger partial charge in [-0.05, 0) is 44.7 Å². The number of hydrogen-bond acceptors (Lipinski definition) is 6. The third kappa shape index (κ3) is 4.47. The number of benzene rings is 1. The van der Waals surface area contributed by atoms with E-state index in [0.717, 1.165) is 32.2 Å². The highest BCUT2D eigenvalue weighted by atomic mass is 16.5. The molecule has 7 nitrogen and oxygen atoms in total. The molecule has 0 spiro atoms. The molecule has 1 unspecified atom stereocenters. The van der Waals surface area contributed by atoms with Crippen molar-refractivity contribution in [2.45, 2.75) is 45.6 Å². The van der Waals surface area contributed by atoms with Crippen molar-refractivity contribution in [3.05, 3.63) is 47.9 Å². The lowest BCUT2D eigenvalue weighted by atomic mass is 10.00. The first-order chi connectivity index (χ1) is 13.6. The molecule has 1 aromatic heterocycles. The van der Waals surface area contributed by atoms with Gasteiger partial charge in [-0.3, -0.25) is 4.79 Å². The topological polar surface area (TPSA) is 84.4 Å². The van der Waals surface area contributed by atoms with Gasteiger partial charge in [0.25, 0.3) is 5.91 Å². The predicted octanol–water partition coefficient (Wildman–Crippen LogP) is 3.80. The highest BCUT2D eigenvalue weighted by Gasteiger charge is 2.27. The minimum Gasteiger partial charge on any atom is -0.462 e. The quantitative estimate of drug-likeness (QED) is 0.765. The summed E-state index contributed by atoms with van der Waals surface area (Å²) in [5.74, 6) is -0.0161. The van der Waals surface area contributed by atoms with Crippen LogP contribution < -0.4 is 5.32 Å². The number of hydrogen-bond donors (Lipinski definition) is 1. The molecule has 0 aliphatic carbocycles. The van der Waals surface area contributed by atoms with Crippen molar-refractivity contribution >= 4 is 23.4 Å². The van der Waals surface area contributed by atoms with Crippen molar-refractivity contribution < 1.29 is 14.3 Å². The third-order valence-corrected chi connectivity index (χ3v) is 4.92. The highest BCUT2D eigenvalue weighted by Crippen LogP contribution is 2.22. The van der Waals surface area contributed by atoms with E-state index in [1.807, 2.05) is 11.0 Å². The molecule has 1 aliphatic rings. The number of anilines is 2. The number of esters is 1. The molecule has 2 heterocycles. The van der Waals surface area contributed by atoms with Gasteiger partial charge in [-0.25, -0.2) is 14.8 Å². The minimum absolute atomic E-state index is 0.0717. The van der Waals surface area contributed by atoms with Crippen LogP contribution in [0.5, 0.6) is 0 Å². The first-order valence-corrected chi connectivity index (χ1v) is 9.80. The zero-order valence-corrected chi connectivity index (χ0v) is 16.4. The van der Waals surface area contributed by atoms with Gasteiger partial charge in [0.15, 0.2) is 0 Å². The van der Waals surface area contributed by atoms with Gasteiger partial charge in [0.2, 0.25) is 0 Å². The number of rotatable bonds is 6. The molecule has 1 amide bonds. The Labute approximate surface area is 165 Å². The lowest BCUT2D eigenvalue weighted by Crippen LogP contribution is -2.43. The molecule has 1 N–H and O–H groups in total. The van der Waals surface area contributed by atoms with Crippen molar-refractivity contribution in [2.24, 2.45) is 0 Å². The van der Waals surface area contributed by atoms with Crippen molar-refractivity contribution in [1.82, 2.24) is 14.9 Å². The molecule has 0 bridgehead atoms. The molecule has 7 heteroatoms. The summed E-state index contributed by atoms with van der Waals surface area (Å²) < 4.78 is 5.08. The summed E-state index contributed by atoms with van der Waals surface area (Å²) in [5, 5.41) is 3.08. The molecule has 1 aromatic carbocycles. The Balaban J connectivity index is 1.73. The number of aromatic nitrogens is 2. The largest absolute Gasteiger partial charge is 0.462 e. The highest BCUT2D eigenvalue weighted by molar-refractivity contribution is 5.96. The molecule has 148 valence electrons. The third-order valence-electron chi connectivity index (χ3n) is 4.92. The molecule has 0 saturated carbocycles. The molecule has 28 heavy (non-hydrogen) atoms. The Kier molecular flexibility index (Phi) is 6.57. The van der Waals surface area contributed by atoms with E-state index in [1.165, 1.54) is 12.4 Å². The van der Waals surface area contributed by atoms with Gasteiger partial charge in [0, 0.05) is 12.6 Å². The summed E-state index contributed by atoms with van der Waals surface area (Å²) in [5.41, 5.74) is 1.34. The minimum atomic E-state index is -0.402. The van der Waals surface area contributed by atoms with Crippen LogP contribution in [0, 0.1) is 0 Å². The van der Waals surface area contributed by atoms with Crippen LogP contribution in [-0.4, -0.2) is 45.9 Å². The van der Waals surface area contributed by atoms with Gasteiger partial charge >= 0.3 is 5.97 Å². The molecular formula is C21H26N4O3. The first kappa shape index (κ1) is 19.8. The van der Waals surface area contributed by atoms with Gasteiger partial charge in [0.1, 0.15) is 11.5 Å². The van der Waals surface area contributed by atoms with E-state index in [4.69, 9.17) is 4.74 Å². The van der Waals surface area contributed by atoms with Crippen LogP contribution in [0.4, 0.5) is 11.5 Å². The van der Waals surface area contributed by atoms with Crippen LogP contribution in [0.15, 0.2) is 36.7 Å². The molecule has 1 aliphatic heterocycles. The number of likely N-dealkylation sites (tertiary alicyclic amines) is 1. The monoisotopic (exact) mass is 382 g/mol. The second-order valence-electron chi connectivity index (χ2n) is 6.73. The van der Waals surface area contributed by atoms with E-state index in [0.29, 0.717) is 29.4 Å². The summed E-state index contributed by atoms with van der Waals surface area (Å²) in [6.45, 7) is 4.95. The Morgan fingerprint density at radius 2 is 2.00 bits per heavy atom. The van der Waals surface area contributed by atoms with Crippen LogP contribution in [0.1, 0.15) is 60.4 Å². The van der Waals surface area contributed by atoms with Crippen molar-refractivity contribution in [2.75, 3.05) is 18.5 Å². The Morgan fingerprint density at radius 3 is 2.71 bits per heavy atom. The van der Waals surface area contributed by atoms with E-state index in [-0.39, 0.29) is 11.9 Å². The number of para-hydroxylation sites is 1. The average Bonchev–Trinajstić information content (AvgIpc) is 2.74. The van der Waals surface area contributed by atoms with Gasteiger partial charge in [0.05, 0.1) is 30.3 Å². The van der Waals surface area contributed by atoms with Crippen LogP contribution in [0.3, 0.4) is 0 Å². The van der Waals surface area contributed by atoms with Crippen LogP contribution in [-0.2, 0) is 4.74 Å². The first-order valence-electron chi connectivity index (χ1n) is 9.80. The fourth-order valence-corrected chi connectivity index (χ4v) is 3.46. The summed E-state index contributed by atoms with van der Waals surface area (Å²) in [6.07, 6.45) is 7.18. The maximum Gasteiger partial charge on any atom is 0.340 e. The molecule has 3 rings (SSSR count). The van der Waals surface area contributed by atoms with Gasteiger partial charge < -0.3 is 15.0 Å². The Morgan fingerprint density at radius 1 is 1.18 bits per heavy atom. The maximum absolute atomic E-state index is 12.8. The van der Waals surface area contributed by atoms with E-state index < -0.39 is 5.97 Å². The fourth-order valence-electron chi connectivity index (χ4n) is 3.46. The smallest absolute Gasteiger partial charge is 0.340 e. The Bertz CT molecular complexity index is 823. The number of nitrogens with zero attached hydrogens (tertiary/aromatic N) is 3. The second-order valence-corrected chi connectivity index (χ2v) is 6.73. The lowest BCUT2D eigenvalue weighted by molar-refractivity contribution is 0.0526. The number of carbonyl (C=O) groups excluding carboxylic acids is 2. The van der Waals surface area contributed by atoms with Crippen molar-refractivity contribution in [3.63, 3.8) is 0 Å². The van der Waals surface area contributed by atoms with Crippen LogP contribution in [0.25, 0.3) is 0 Å². The van der Waals surface area contributed by atoms with E-state index in [1.54, 1.807) is 25.1 Å². The van der Waals surface area contributed by atoms with Gasteiger partial charge in [-0.15, -0.1) is 0 Å². The molecule has 1 saturated heterocycles. The van der Waals surface area contributed by atoms with Gasteiger partial charge in [-0.2, -0.15) is 0 Å². The summed E-state index contributed by atoms with van der Waals surface area (Å²) in [7, 11) is 0. The number of nitrogens with one attached hydrogen (secondary N) is 1. The molecular weight excluding hydrogens is 356 g/mol. The van der Waals surface area contributed by atoms with Crippen molar-refractivity contribution in [3.8, 4) is 0 Å². The molecule has 1 atom stereocenters. The summed E-state index contributed by atoms with van der Waals surface area (Å²) >= 11 is 0. The number of ether oxygens (including phenoxy) is 1. The second kappa shape index (κ2) is 9.30. The number of amides is 1. The average molecular weight is 382 g/mol. The molecule has 0 radical (unpaired) electrons. The SMILES string of the molecule is CCOC(=O)c1ccccc1Nc1cnc(C(=O)N2CCCCC2CC)cn1. The maximum atomic E-state index is 12.8. The van der Waals surface area contributed by atoms with Crippen LogP contribution in [0.2, 0.25) is 0 Å². The summed E-state index contributed by atoms with van der Waals surface area (Å²) in [6, 6.07) is 7.32. The van der Waals surface area contributed by atoms with E-state index in [2.05, 4.69) is 22.2 Å². The predicted molar refractivity (Wildman–Crippen MR) is 107 cm³/mol. The fraction of sp³-hybridized carbons (Fsp3) is 0.429. The van der Waals surface area contributed by atoms with E-state index in [9.17, 15) is 9.59 Å². The number of carbonyl (C=O) groups is 2.